The van der Waals surface area contributed by atoms with Crippen molar-refractivity contribution in [3.63, 3.8) is 0 Å². The van der Waals surface area contributed by atoms with Gasteiger partial charge in [0.05, 0.1) is 6.61 Å². The Labute approximate surface area is 186 Å². The van der Waals surface area contributed by atoms with Gasteiger partial charge in [-0.05, 0) is 47.5 Å². The number of thioether (sulfide) groups is 1. The van der Waals surface area contributed by atoms with Gasteiger partial charge in [0.1, 0.15) is 6.61 Å². The van der Waals surface area contributed by atoms with Crippen molar-refractivity contribution in [3.8, 4) is 11.5 Å². The van der Waals surface area contributed by atoms with Crippen LogP contribution in [-0.2, 0) is 20.2 Å². The summed E-state index contributed by atoms with van der Waals surface area (Å²) in [4.78, 5) is 0. The Kier molecular flexibility index (Phi) is 8.80. The van der Waals surface area contributed by atoms with Crippen molar-refractivity contribution < 1.29 is 9.47 Å². The van der Waals surface area contributed by atoms with Crippen LogP contribution in [0.25, 0.3) is 0 Å². The van der Waals surface area contributed by atoms with Crippen molar-refractivity contribution in [1.82, 2.24) is 25.5 Å². The van der Waals surface area contributed by atoms with E-state index in [1.807, 2.05) is 56.4 Å². The molecule has 0 spiro atoms. The van der Waals surface area contributed by atoms with Gasteiger partial charge in [-0.25, -0.2) is 4.68 Å². The summed E-state index contributed by atoms with van der Waals surface area (Å²) in [6.45, 7) is 4.51. The number of hydrogen-bond donors (Lipinski definition) is 1. The molecule has 2 aromatic carbocycles. The zero-order valence-corrected chi connectivity index (χ0v) is 18.7. The summed E-state index contributed by atoms with van der Waals surface area (Å²) in [5.41, 5.74) is 2.08. The Hall–Kier alpha value is -2.29. The first kappa shape index (κ1) is 22.4. The van der Waals surface area contributed by atoms with Crippen molar-refractivity contribution in [2.75, 3.05) is 18.9 Å². The van der Waals surface area contributed by atoms with Crippen LogP contribution in [0.3, 0.4) is 0 Å². The molecule has 0 unspecified atom stereocenters. The normalized spacial score (nSPS) is 10.9. The van der Waals surface area contributed by atoms with E-state index in [4.69, 9.17) is 21.1 Å². The Morgan fingerprint density at radius 2 is 1.93 bits per heavy atom. The second kappa shape index (κ2) is 11.8. The molecule has 9 heteroatoms. The Balaban J connectivity index is 1.50. The van der Waals surface area contributed by atoms with Crippen LogP contribution in [-0.4, -0.2) is 39.1 Å². The Bertz CT molecular complexity index is 923. The Morgan fingerprint density at radius 1 is 1.13 bits per heavy atom. The van der Waals surface area contributed by atoms with Crippen LogP contribution in [0.1, 0.15) is 24.5 Å². The number of rotatable bonds is 12. The molecule has 0 atom stereocenters. The van der Waals surface area contributed by atoms with E-state index in [1.165, 1.54) is 0 Å². The fourth-order valence-electron chi connectivity index (χ4n) is 2.76. The first-order chi connectivity index (χ1) is 14.7. The maximum absolute atomic E-state index is 6.50. The highest BCUT2D eigenvalue weighted by Gasteiger charge is 2.11. The van der Waals surface area contributed by atoms with Crippen LogP contribution >= 0.6 is 23.4 Å². The van der Waals surface area contributed by atoms with Gasteiger partial charge in [-0.2, -0.15) is 0 Å². The third-order valence-electron chi connectivity index (χ3n) is 4.28. The van der Waals surface area contributed by atoms with Crippen LogP contribution in [0.4, 0.5) is 0 Å². The van der Waals surface area contributed by atoms with Crippen molar-refractivity contribution >= 4 is 23.4 Å². The molecule has 1 aromatic heterocycles. The lowest BCUT2D eigenvalue weighted by molar-refractivity contribution is 0.269. The third kappa shape index (κ3) is 6.62. The molecule has 0 saturated carbocycles. The highest BCUT2D eigenvalue weighted by Crippen LogP contribution is 2.34. The van der Waals surface area contributed by atoms with Crippen LogP contribution < -0.4 is 14.8 Å². The summed E-state index contributed by atoms with van der Waals surface area (Å²) in [6.07, 6.45) is 0.992. The molecule has 7 nitrogen and oxygen atoms in total. The number of tetrazole rings is 1. The molecule has 0 aliphatic carbocycles. The topological polar surface area (TPSA) is 74.1 Å². The van der Waals surface area contributed by atoms with E-state index >= 15 is 0 Å². The van der Waals surface area contributed by atoms with Crippen molar-refractivity contribution in [1.29, 1.82) is 0 Å². The van der Waals surface area contributed by atoms with Gasteiger partial charge in [0.25, 0.3) is 0 Å². The number of benzene rings is 2. The molecule has 3 aromatic rings. The van der Waals surface area contributed by atoms with Gasteiger partial charge in [0, 0.05) is 30.4 Å². The summed E-state index contributed by atoms with van der Waals surface area (Å²) in [6, 6.07) is 13.8. The average molecular weight is 448 g/mol. The van der Waals surface area contributed by atoms with Crippen LogP contribution in [0.5, 0.6) is 11.5 Å². The second-order valence-electron chi connectivity index (χ2n) is 6.56. The zero-order chi connectivity index (χ0) is 21.2. The molecule has 0 radical (unpaired) electrons. The van der Waals surface area contributed by atoms with Crippen molar-refractivity contribution in [2.45, 2.75) is 31.7 Å². The predicted molar refractivity (Wildman–Crippen MR) is 119 cm³/mol. The molecular weight excluding hydrogens is 422 g/mol. The van der Waals surface area contributed by atoms with Crippen molar-refractivity contribution in [3.05, 3.63) is 58.6 Å². The van der Waals surface area contributed by atoms with Crippen LogP contribution in [0.2, 0.25) is 5.02 Å². The van der Waals surface area contributed by atoms with Gasteiger partial charge in [-0.3, -0.25) is 0 Å². The number of ether oxygens (including phenoxy) is 2. The lowest BCUT2D eigenvalue weighted by Gasteiger charge is -2.15. The van der Waals surface area contributed by atoms with E-state index in [1.54, 1.807) is 16.4 Å². The number of aromatic nitrogens is 4. The molecule has 0 bridgehead atoms. The van der Waals surface area contributed by atoms with E-state index in [2.05, 4.69) is 20.8 Å². The minimum Gasteiger partial charge on any atom is -0.490 e. The predicted octanol–water partition coefficient (Wildman–Crippen LogP) is 4.11. The van der Waals surface area contributed by atoms with E-state index in [9.17, 15) is 0 Å². The maximum atomic E-state index is 6.50. The molecular formula is C21H26ClN5O2S. The second-order valence-corrected chi connectivity index (χ2v) is 8.03. The molecule has 0 saturated heterocycles. The van der Waals surface area contributed by atoms with Crippen LogP contribution in [0.15, 0.2) is 47.6 Å². The molecule has 0 fully saturated rings. The average Bonchev–Trinajstić information content (AvgIpc) is 3.17. The third-order valence-corrected chi connectivity index (χ3v) is 5.72. The van der Waals surface area contributed by atoms with E-state index in [0.29, 0.717) is 36.3 Å². The standard InChI is InChI=1S/C21H26ClN5O2S/c1-3-28-19-12-17(14-23-10-7-11-30-21-24-25-26-27(21)2)18(22)13-20(19)29-15-16-8-5-4-6-9-16/h4-6,8-9,12-13,23H,3,7,10-11,14-15H2,1-2H3. The fraction of sp³-hybridized carbons (Fsp3) is 0.381. The van der Waals surface area contributed by atoms with Gasteiger partial charge in [0.2, 0.25) is 5.16 Å². The summed E-state index contributed by atoms with van der Waals surface area (Å²) >= 11 is 8.15. The quantitative estimate of drug-likeness (QED) is 0.330. The molecule has 0 amide bonds. The van der Waals surface area contributed by atoms with Gasteiger partial charge in [-0.15, -0.1) is 5.10 Å². The monoisotopic (exact) mass is 447 g/mol. The summed E-state index contributed by atoms with van der Waals surface area (Å²) < 4.78 is 13.4. The molecule has 0 aliphatic rings. The first-order valence-electron chi connectivity index (χ1n) is 9.85. The smallest absolute Gasteiger partial charge is 0.209 e. The lowest BCUT2D eigenvalue weighted by atomic mass is 10.2. The largest absolute Gasteiger partial charge is 0.490 e. The van der Waals surface area contributed by atoms with E-state index < -0.39 is 0 Å². The fourth-order valence-corrected chi connectivity index (χ4v) is 3.77. The highest BCUT2D eigenvalue weighted by molar-refractivity contribution is 7.99. The summed E-state index contributed by atoms with van der Waals surface area (Å²) in [5.74, 6) is 2.30. The van der Waals surface area contributed by atoms with E-state index in [-0.39, 0.29) is 0 Å². The lowest BCUT2D eigenvalue weighted by Crippen LogP contribution is -2.16. The first-order valence-corrected chi connectivity index (χ1v) is 11.2. The number of aryl methyl sites for hydroxylation is 1. The van der Waals surface area contributed by atoms with Gasteiger partial charge >= 0.3 is 0 Å². The molecule has 30 heavy (non-hydrogen) atoms. The zero-order valence-electron chi connectivity index (χ0n) is 17.2. The van der Waals surface area contributed by atoms with Crippen molar-refractivity contribution in [2.24, 2.45) is 7.05 Å². The SMILES string of the molecule is CCOc1cc(CNCCCSc2nnnn2C)c(Cl)cc1OCc1ccccc1. The number of nitrogens with one attached hydrogen (secondary N) is 1. The number of hydrogen-bond acceptors (Lipinski definition) is 7. The van der Waals surface area contributed by atoms with Gasteiger partial charge in [-0.1, -0.05) is 53.7 Å². The minimum absolute atomic E-state index is 0.466. The molecule has 1 N–H and O–H groups in total. The summed E-state index contributed by atoms with van der Waals surface area (Å²) in [5, 5.41) is 16.3. The van der Waals surface area contributed by atoms with Crippen LogP contribution in [0, 0.1) is 0 Å². The number of nitrogens with zero attached hydrogens (tertiary/aromatic N) is 4. The highest BCUT2D eigenvalue weighted by atomic mass is 35.5. The molecule has 3 rings (SSSR count). The van der Waals surface area contributed by atoms with Gasteiger partial charge < -0.3 is 14.8 Å². The molecule has 160 valence electrons. The maximum Gasteiger partial charge on any atom is 0.209 e. The summed E-state index contributed by atoms with van der Waals surface area (Å²) in [7, 11) is 1.84. The van der Waals surface area contributed by atoms with E-state index in [0.717, 1.165) is 35.0 Å². The van der Waals surface area contributed by atoms with Gasteiger partial charge in [0.15, 0.2) is 11.5 Å². The number of halogens is 1. The minimum atomic E-state index is 0.466. The molecule has 0 aliphatic heterocycles. The Morgan fingerprint density at radius 3 is 2.67 bits per heavy atom. The molecule has 1 heterocycles.